The summed E-state index contributed by atoms with van der Waals surface area (Å²) < 4.78 is 6.01. The van der Waals surface area contributed by atoms with Crippen molar-refractivity contribution in [2.24, 2.45) is 23.2 Å². The molecular formula is C23H27NO3. The summed E-state index contributed by atoms with van der Waals surface area (Å²) >= 11 is 0. The molecule has 4 aliphatic rings. The zero-order valence-electron chi connectivity index (χ0n) is 15.9. The van der Waals surface area contributed by atoms with Gasteiger partial charge < -0.3 is 9.52 Å². The van der Waals surface area contributed by atoms with Crippen LogP contribution in [-0.4, -0.2) is 16.1 Å². The van der Waals surface area contributed by atoms with Crippen molar-refractivity contribution in [1.29, 1.82) is 0 Å². The van der Waals surface area contributed by atoms with E-state index in [1.807, 2.05) is 31.2 Å². The summed E-state index contributed by atoms with van der Waals surface area (Å²) in [6, 6.07) is 7.83. The van der Waals surface area contributed by atoms with E-state index in [2.05, 4.69) is 4.98 Å². The molecule has 1 aromatic carbocycles. The fourth-order valence-corrected chi connectivity index (χ4v) is 6.59. The highest BCUT2D eigenvalue weighted by Gasteiger charge is 2.50. The Bertz CT molecular complexity index is 846. The van der Waals surface area contributed by atoms with Crippen LogP contribution >= 0.6 is 0 Å². The second-order valence-electron chi connectivity index (χ2n) is 9.33. The first kappa shape index (κ1) is 17.0. The smallest absolute Gasteiger partial charge is 0.358 e. The summed E-state index contributed by atoms with van der Waals surface area (Å²) in [5, 5.41) is 9.63. The average molecular weight is 365 g/mol. The number of nitrogens with zero attached hydrogens (tertiary/aromatic N) is 1. The zero-order valence-corrected chi connectivity index (χ0v) is 15.9. The maximum absolute atomic E-state index is 11.8. The maximum atomic E-state index is 11.8. The average Bonchev–Trinajstić information content (AvgIpc) is 3.04. The van der Waals surface area contributed by atoms with Crippen molar-refractivity contribution in [3.63, 3.8) is 0 Å². The molecule has 1 aromatic heterocycles. The van der Waals surface area contributed by atoms with Crippen LogP contribution in [0.4, 0.5) is 0 Å². The van der Waals surface area contributed by atoms with Crippen molar-refractivity contribution in [2.75, 3.05) is 0 Å². The summed E-state index contributed by atoms with van der Waals surface area (Å²) in [6.07, 6.45) is 10.0. The molecule has 4 bridgehead atoms. The molecule has 27 heavy (non-hydrogen) atoms. The number of rotatable bonds is 5. The van der Waals surface area contributed by atoms with E-state index in [0.29, 0.717) is 23.5 Å². The van der Waals surface area contributed by atoms with Gasteiger partial charge in [-0.1, -0.05) is 18.2 Å². The van der Waals surface area contributed by atoms with Gasteiger partial charge in [0.05, 0.1) is 0 Å². The highest BCUT2D eigenvalue weighted by Crippen LogP contribution is 2.61. The lowest BCUT2D eigenvalue weighted by molar-refractivity contribution is -0.0575. The second kappa shape index (κ2) is 6.22. The Labute approximate surface area is 160 Å². The molecule has 1 N–H and O–H groups in total. The van der Waals surface area contributed by atoms with Gasteiger partial charge in [0.15, 0.2) is 5.69 Å². The number of aromatic nitrogens is 1. The predicted octanol–water partition coefficient (Wildman–Crippen LogP) is 5.50. The summed E-state index contributed by atoms with van der Waals surface area (Å²) in [4.78, 5) is 16.1. The minimum atomic E-state index is -0.987. The Morgan fingerprint density at radius 3 is 2.37 bits per heavy atom. The Morgan fingerprint density at radius 2 is 1.78 bits per heavy atom. The molecule has 6 rings (SSSR count). The summed E-state index contributed by atoms with van der Waals surface area (Å²) in [6.45, 7) is 2.00. The van der Waals surface area contributed by atoms with E-state index in [4.69, 9.17) is 4.42 Å². The van der Waals surface area contributed by atoms with E-state index in [1.54, 1.807) is 0 Å². The summed E-state index contributed by atoms with van der Waals surface area (Å²) in [5.41, 5.74) is 2.43. The van der Waals surface area contributed by atoms with Crippen LogP contribution in [0, 0.1) is 30.1 Å². The zero-order chi connectivity index (χ0) is 18.6. The van der Waals surface area contributed by atoms with Crippen LogP contribution in [0.5, 0.6) is 0 Å². The van der Waals surface area contributed by atoms with E-state index in [-0.39, 0.29) is 5.69 Å². The van der Waals surface area contributed by atoms with Gasteiger partial charge >= 0.3 is 5.97 Å². The number of oxazole rings is 1. The van der Waals surface area contributed by atoms with Crippen LogP contribution in [-0.2, 0) is 6.42 Å². The monoisotopic (exact) mass is 365 g/mol. The van der Waals surface area contributed by atoms with Gasteiger partial charge in [-0.15, -0.1) is 0 Å². The molecular weight excluding hydrogens is 338 g/mol. The van der Waals surface area contributed by atoms with Gasteiger partial charge in [0, 0.05) is 12.0 Å². The second-order valence-corrected chi connectivity index (χ2v) is 9.33. The normalized spacial score (nSPS) is 31.4. The summed E-state index contributed by atoms with van der Waals surface area (Å²) in [5.74, 6) is 2.73. The lowest BCUT2D eigenvalue weighted by Gasteiger charge is -2.57. The van der Waals surface area contributed by atoms with Crippen LogP contribution in [0.1, 0.15) is 66.8 Å². The van der Waals surface area contributed by atoms with E-state index < -0.39 is 5.97 Å². The molecule has 0 atom stereocenters. The molecule has 0 saturated heterocycles. The number of carboxylic acids is 1. The van der Waals surface area contributed by atoms with Gasteiger partial charge in [0.1, 0.15) is 5.76 Å². The standard InChI is InChI=1S/C23H27NO3/c1-14-4-2-3-5-18(14)21-24-20(22(25)26)19(27-21)6-7-23-11-15-8-16(12-23)10-17(9-15)13-23/h2-5,15-17H,6-13H2,1H3,(H,25,26). The first-order valence-corrected chi connectivity index (χ1v) is 10.3. The minimum absolute atomic E-state index is 0.0954. The molecule has 1 heterocycles. The molecule has 4 saturated carbocycles. The molecule has 4 fully saturated rings. The molecule has 0 amide bonds. The van der Waals surface area contributed by atoms with E-state index in [9.17, 15) is 9.90 Å². The highest BCUT2D eigenvalue weighted by atomic mass is 16.4. The van der Waals surface area contributed by atoms with Crippen molar-refractivity contribution >= 4 is 5.97 Å². The number of aryl methyl sites for hydroxylation is 2. The van der Waals surface area contributed by atoms with Crippen LogP contribution < -0.4 is 0 Å². The van der Waals surface area contributed by atoms with Crippen LogP contribution in [0.3, 0.4) is 0 Å². The molecule has 2 aromatic rings. The maximum Gasteiger partial charge on any atom is 0.358 e. The van der Waals surface area contributed by atoms with Gasteiger partial charge in [-0.2, -0.15) is 0 Å². The highest BCUT2D eigenvalue weighted by molar-refractivity contribution is 5.87. The lowest BCUT2D eigenvalue weighted by Crippen LogP contribution is -2.46. The van der Waals surface area contributed by atoms with E-state index in [1.165, 1.54) is 38.5 Å². The Balaban J connectivity index is 1.40. The van der Waals surface area contributed by atoms with E-state index >= 15 is 0 Å². The third kappa shape index (κ3) is 2.99. The van der Waals surface area contributed by atoms with Crippen molar-refractivity contribution < 1.29 is 14.3 Å². The van der Waals surface area contributed by atoms with Gasteiger partial charge in [-0.25, -0.2) is 9.78 Å². The first-order valence-electron chi connectivity index (χ1n) is 10.3. The van der Waals surface area contributed by atoms with Crippen LogP contribution in [0.2, 0.25) is 0 Å². The number of carboxylic acid groups (broad SMARTS) is 1. The lowest BCUT2D eigenvalue weighted by atomic mass is 9.48. The Kier molecular flexibility index (Phi) is 3.92. The fraction of sp³-hybridized carbons (Fsp3) is 0.565. The van der Waals surface area contributed by atoms with Gasteiger partial charge in [-0.3, -0.25) is 0 Å². The van der Waals surface area contributed by atoms with Gasteiger partial charge in [0.25, 0.3) is 0 Å². The van der Waals surface area contributed by atoms with Crippen molar-refractivity contribution in [1.82, 2.24) is 4.98 Å². The van der Waals surface area contributed by atoms with Crippen molar-refractivity contribution in [3.05, 3.63) is 41.3 Å². The molecule has 0 unspecified atom stereocenters. The quantitative estimate of drug-likeness (QED) is 0.760. The van der Waals surface area contributed by atoms with Crippen LogP contribution in [0.25, 0.3) is 11.5 Å². The molecule has 142 valence electrons. The number of hydrogen-bond donors (Lipinski definition) is 1. The third-order valence-electron chi connectivity index (χ3n) is 7.32. The third-order valence-corrected chi connectivity index (χ3v) is 7.32. The number of hydrogen-bond acceptors (Lipinski definition) is 3. The Morgan fingerprint density at radius 1 is 1.15 bits per heavy atom. The number of aromatic carboxylic acids is 1. The Hall–Kier alpha value is -2.10. The van der Waals surface area contributed by atoms with Crippen molar-refractivity contribution in [2.45, 2.75) is 58.3 Å². The van der Waals surface area contributed by atoms with Gasteiger partial charge in [0.2, 0.25) is 5.89 Å². The van der Waals surface area contributed by atoms with Crippen LogP contribution in [0.15, 0.2) is 28.7 Å². The molecule has 0 spiro atoms. The van der Waals surface area contributed by atoms with Gasteiger partial charge in [-0.05, 0) is 86.7 Å². The predicted molar refractivity (Wildman–Crippen MR) is 103 cm³/mol. The summed E-state index contributed by atoms with van der Waals surface area (Å²) in [7, 11) is 0. The molecule has 4 heteroatoms. The van der Waals surface area contributed by atoms with Crippen molar-refractivity contribution in [3.8, 4) is 11.5 Å². The minimum Gasteiger partial charge on any atom is -0.476 e. The molecule has 0 radical (unpaired) electrons. The number of carbonyl (C=O) groups is 1. The molecule has 4 aliphatic carbocycles. The SMILES string of the molecule is Cc1ccccc1-c1nc(C(=O)O)c(CCC23CC4CC(CC(C4)C2)C3)o1. The first-order chi connectivity index (χ1) is 13.0. The topological polar surface area (TPSA) is 63.3 Å². The van der Waals surface area contributed by atoms with E-state index in [0.717, 1.165) is 35.3 Å². The molecule has 0 aliphatic heterocycles. The number of benzene rings is 1. The fourth-order valence-electron chi connectivity index (χ4n) is 6.59. The largest absolute Gasteiger partial charge is 0.476 e. The molecule has 4 nitrogen and oxygen atoms in total.